The van der Waals surface area contributed by atoms with E-state index in [0.29, 0.717) is 18.8 Å². The number of fused-ring (bicyclic) bond motifs is 1. The lowest BCUT2D eigenvalue weighted by Gasteiger charge is -2.32. The van der Waals surface area contributed by atoms with Crippen LogP contribution >= 0.6 is 11.8 Å². The molecule has 132 valence electrons. The fourth-order valence-electron chi connectivity index (χ4n) is 2.97. The number of carbonyl (C=O) groups is 1. The summed E-state index contributed by atoms with van der Waals surface area (Å²) in [6.07, 6.45) is 1.79. The highest BCUT2D eigenvalue weighted by Gasteiger charge is 2.27. The van der Waals surface area contributed by atoms with Crippen LogP contribution in [0.5, 0.6) is 0 Å². The second-order valence-electron chi connectivity index (χ2n) is 6.17. The molecule has 3 rings (SSSR count). The topological polar surface area (TPSA) is 75.7 Å². The van der Waals surface area contributed by atoms with Crippen LogP contribution in [-0.4, -0.2) is 45.4 Å². The van der Waals surface area contributed by atoms with Crippen LogP contribution < -0.4 is 9.62 Å². The maximum Gasteiger partial charge on any atom is 0.240 e. The molecule has 8 heteroatoms. The Balaban J connectivity index is 1.83. The fourth-order valence-corrected chi connectivity index (χ4v) is 5.15. The van der Waals surface area contributed by atoms with Gasteiger partial charge in [-0.1, -0.05) is 6.92 Å². The van der Waals surface area contributed by atoms with E-state index in [9.17, 15) is 13.2 Å². The van der Waals surface area contributed by atoms with E-state index in [-0.39, 0.29) is 28.7 Å². The molecule has 1 aromatic carbocycles. The minimum absolute atomic E-state index is 0.0532. The minimum Gasteiger partial charge on any atom is -0.377 e. The number of nitrogens with zero attached hydrogens (tertiary/aromatic N) is 1. The quantitative estimate of drug-likeness (QED) is 0.877. The van der Waals surface area contributed by atoms with Gasteiger partial charge in [-0.2, -0.15) is 0 Å². The molecule has 24 heavy (non-hydrogen) atoms. The monoisotopic (exact) mass is 370 g/mol. The number of ether oxygens (including phenoxy) is 1. The predicted octanol–water partition coefficient (Wildman–Crippen LogP) is 1.99. The molecule has 1 aromatic rings. The van der Waals surface area contributed by atoms with Crippen LogP contribution in [0.15, 0.2) is 28.0 Å². The average Bonchev–Trinajstić information content (AvgIpc) is 3.05. The van der Waals surface area contributed by atoms with Crippen LogP contribution in [0.4, 0.5) is 5.69 Å². The number of benzene rings is 1. The number of hydrogen-bond acceptors (Lipinski definition) is 5. The van der Waals surface area contributed by atoms with E-state index in [4.69, 9.17) is 4.74 Å². The Labute approximate surface area is 147 Å². The van der Waals surface area contributed by atoms with Gasteiger partial charge in [0.05, 0.1) is 16.7 Å². The van der Waals surface area contributed by atoms with Crippen molar-refractivity contribution in [2.24, 2.45) is 0 Å². The molecule has 1 fully saturated rings. The Morgan fingerprint density at radius 2 is 2.25 bits per heavy atom. The molecule has 0 unspecified atom stereocenters. The molecule has 2 atom stereocenters. The van der Waals surface area contributed by atoms with Crippen LogP contribution in [0.3, 0.4) is 0 Å². The molecule has 0 spiro atoms. The Hall–Kier alpha value is -1.09. The number of amides is 1. The van der Waals surface area contributed by atoms with Crippen molar-refractivity contribution in [1.29, 1.82) is 0 Å². The third-order valence-electron chi connectivity index (χ3n) is 4.20. The predicted molar refractivity (Wildman–Crippen MR) is 94.0 cm³/mol. The molecule has 0 saturated carbocycles. The molecule has 0 radical (unpaired) electrons. The maximum absolute atomic E-state index is 12.5. The zero-order valence-corrected chi connectivity index (χ0v) is 15.5. The van der Waals surface area contributed by atoms with Gasteiger partial charge in [-0.05, 0) is 31.0 Å². The third kappa shape index (κ3) is 3.77. The van der Waals surface area contributed by atoms with E-state index in [0.717, 1.165) is 17.7 Å². The summed E-state index contributed by atoms with van der Waals surface area (Å²) in [4.78, 5) is 14.7. The number of carbonyl (C=O) groups excluding carboxylic acids is 1. The number of nitrogens with one attached hydrogen (secondary N) is 1. The second kappa shape index (κ2) is 7.03. The normalized spacial score (nSPS) is 24.0. The second-order valence-corrected chi connectivity index (χ2v) is 9.42. The Morgan fingerprint density at radius 3 is 2.92 bits per heavy atom. The number of anilines is 1. The van der Waals surface area contributed by atoms with Crippen LogP contribution in [0.25, 0.3) is 0 Å². The molecular formula is C16H22N2O4S2. The first kappa shape index (κ1) is 17.7. The highest BCUT2D eigenvalue weighted by Crippen LogP contribution is 2.39. The Bertz CT molecular complexity index is 730. The van der Waals surface area contributed by atoms with E-state index in [1.54, 1.807) is 34.9 Å². The third-order valence-corrected chi connectivity index (χ3v) is 6.78. The summed E-state index contributed by atoms with van der Waals surface area (Å²) >= 11 is 1.66. The van der Waals surface area contributed by atoms with Crippen LogP contribution in [0.2, 0.25) is 0 Å². The van der Waals surface area contributed by atoms with Gasteiger partial charge in [0.1, 0.15) is 0 Å². The summed E-state index contributed by atoms with van der Waals surface area (Å²) < 4.78 is 33.1. The van der Waals surface area contributed by atoms with Crippen molar-refractivity contribution in [2.75, 3.05) is 24.6 Å². The van der Waals surface area contributed by atoms with Crippen LogP contribution in [-0.2, 0) is 19.6 Å². The minimum atomic E-state index is -3.62. The molecular weight excluding hydrogens is 348 g/mol. The summed E-state index contributed by atoms with van der Waals surface area (Å²) in [6.45, 7) is 5.11. The summed E-state index contributed by atoms with van der Waals surface area (Å²) in [5.41, 5.74) is 0.672. The van der Waals surface area contributed by atoms with Crippen LogP contribution in [0.1, 0.15) is 26.7 Å². The molecule has 1 saturated heterocycles. The van der Waals surface area contributed by atoms with Crippen LogP contribution in [0, 0.1) is 0 Å². The zero-order valence-electron chi connectivity index (χ0n) is 13.8. The lowest BCUT2D eigenvalue weighted by Crippen LogP contribution is -2.37. The molecule has 6 nitrogen and oxygen atoms in total. The number of hydrogen-bond donors (Lipinski definition) is 1. The molecule has 1 amide bonds. The zero-order chi connectivity index (χ0) is 17.3. The molecule has 2 heterocycles. The van der Waals surface area contributed by atoms with Crippen molar-refractivity contribution in [1.82, 2.24) is 4.72 Å². The van der Waals surface area contributed by atoms with Crippen molar-refractivity contribution in [3.63, 3.8) is 0 Å². The van der Waals surface area contributed by atoms with E-state index in [1.807, 2.05) is 0 Å². The van der Waals surface area contributed by atoms with Gasteiger partial charge in [-0.15, -0.1) is 11.8 Å². The lowest BCUT2D eigenvalue weighted by atomic mass is 10.2. The van der Waals surface area contributed by atoms with Gasteiger partial charge in [-0.25, -0.2) is 13.1 Å². The fraction of sp³-hybridized carbons (Fsp3) is 0.562. The molecule has 0 bridgehead atoms. The average molecular weight is 370 g/mol. The van der Waals surface area contributed by atoms with E-state index < -0.39 is 10.0 Å². The van der Waals surface area contributed by atoms with E-state index >= 15 is 0 Å². The Kier molecular flexibility index (Phi) is 5.19. The molecule has 2 aliphatic rings. The van der Waals surface area contributed by atoms with Gasteiger partial charge in [0.25, 0.3) is 0 Å². The van der Waals surface area contributed by atoms with Crippen molar-refractivity contribution >= 4 is 33.4 Å². The van der Waals surface area contributed by atoms with Crippen molar-refractivity contribution < 1.29 is 17.9 Å². The largest absolute Gasteiger partial charge is 0.377 e. The number of thioether (sulfide) groups is 1. The SMILES string of the molecule is CC(=O)N1C[C@H](C)Sc2ccc(S(=O)(=O)NC[C@@H]3CCCO3)cc21. The highest BCUT2D eigenvalue weighted by atomic mass is 32.2. The van der Waals surface area contributed by atoms with Gasteiger partial charge in [-0.3, -0.25) is 4.79 Å². The van der Waals surface area contributed by atoms with Crippen molar-refractivity contribution in [2.45, 2.75) is 47.8 Å². The molecule has 1 N–H and O–H groups in total. The summed E-state index contributed by atoms with van der Waals surface area (Å²) in [5.74, 6) is -0.0785. The maximum atomic E-state index is 12.5. The lowest BCUT2D eigenvalue weighted by molar-refractivity contribution is -0.116. The summed E-state index contributed by atoms with van der Waals surface area (Å²) in [6, 6.07) is 4.97. The number of rotatable bonds is 4. The smallest absolute Gasteiger partial charge is 0.240 e. The molecule has 2 aliphatic heterocycles. The Morgan fingerprint density at radius 1 is 1.46 bits per heavy atom. The number of sulfonamides is 1. The summed E-state index contributed by atoms with van der Waals surface area (Å²) in [7, 11) is -3.62. The van der Waals surface area contributed by atoms with Gasteiger partial charge in [0.15, 0.2) is 0 Å². The van der Waals surface area contributed by atoms with Crippen molar-refractivity contribution in [3.05, 3.63) is 18.2 Å². The molecule has 0 aliphatic carbocycles. The van der Waals surface area contributed by atoms with Gasteiger partial charge < -0.3 is 9.64 Å². The van der Waals surface area contributed by atoms with E-state index in [2.05, 4.69) is 11.6 Å². The van der Waals surface area contributed by atoms with Gasteiger partial charge >= 0.3 is 0 Å². The van der Waals surface area contributed by atoms with Gasteiger partial charge in [0, 0.05) is 36.8 Å². The standard InChI is InChI=1S/C16H22N2O4S2/c1-11-10-18(12(2)19)15-8-14(5-6-16(15)23-11)24(20,21)17-9-13-4-3-7-22-13/h5-6,8,11,13,17H,3-4,7,9-10H2,1-2H3/t11-,13-/m0/s1. The first-order valence-corrected chi connectivity index (χ1v) is 10.4. The van der Waals surface area contributed by atoms with Gasteiger partial charge in [0.2, 0.25) is 15.9 Å². The first-order chi connectivity index (χ1) is 11.4. The van der Waals surface area contributed by atoms with E-state index in [1.165, 1.54) is 6.92 Å². The highest BCUT2D eigenvalue weighted by molar-refractivity contribution is 8.00. The first-order valence-electron chi connectivity index (χ1n) is 8.07. The van der Waals surface area contributed by atoms with Crippen molar-refractivity contribution in [3.8, 4) is 0 Å². The molecule has 0 aromatic heterocycles. The summed E-state index contributed by atoms with van der Waals surface area (Å²) in [5, 5.41) is 0.279.